The van der Waals surface area contributed by atoms with E-state index in [-0.39, 0.29) is 6.61 Å². The zero-order chi connectivity index (χ0) is 33.2. The van der Waals surface area contributed by atoms with E-state index >= 15 is 0 Å². The van der Waals surface area contributed by atoms with Gasteiger partial charge in [0.05, 0.1) is 18.8 Å². The van der Waals surface area contributed by atoms with Gasteiger partial charge in [0, 0.05) is 0 Å². The monoisotopic (exact) mass is 638 g/mol. The smallest absolute Gasteiger partial charge is 0.249 e. The van der Waals surface area contributed by atoms with Crippen LogP contribution in [0.2, 0.25) is 0 Å². The predicted molar refractivity (Wildman–Crippen MR) is 195 cm³/mol. The Bertz CT molecular complexity index is 638. The topological polar surface area (TPSA) is 89.8 Å². The summed E-state index contributed by atoms with van der Waals surface area (Å²) in [4.78, 5) is 12.4. The fourth-order valence-electron chi connectivity index (χ4n) is 6.13. The average Bonchev–Trinajstić information content (AvgIpc) is 3.02. The summed E-state index contributed by atoms with van der Waals surface area (Å²) in [5.74, 6) is 0.307. The third kappa shape index (κ3) is 31.5. The minimum absolute atomic E-state index is 0.361. The van der Waals surface area contributed by atoms with Crippen LogP contribution >= 0.6 is 0 Å². The molecule has 5 nitrogen and oxygen atoms in total. The van der Waals surface area contributed by atoms with E-state index in [1.165, 1.54) is 148 Å². The first-order valence-corrected chi connectivity index (χ1v) is 19.9. The number of hydrogen-bond acceptors (Lipinski definition) is 4. The highest BCUT2D eigenvalue weighted by molar-refractivity contribution is 5.80. The van der Waals surface area contributed by atoms with Crippen LogP contribution in [0.15, 0.2) is 12.2 Å². The number of carbonyl (C=O) groups excluding carboxylic acids is 1. The minimum Gasteiger partial charge on any atom is -0.394 e. The van der Waals surface area contributed by atoms with Crippen LogP contribution < -0.4 is 5.32 Å². The number of allylic oxidation sites excluding steroid dienone is 1. The SMILES string of the molecule is CCCCCCCCCCCCCCCCCCCCCC(O)C(=O)N[C@@H](CO)[C@H](O)/C=C/CCCCCCCCCC(C)C. The molecule has 0 heterocycles. The minimum atomic E-state index is -1.09. The van der Waals surface area contributed by atoms with Gasteiger partial charge >= 0.3 is 0 Å². The van der Waals surface area contributed by atoms with E-state index in [2.05, 4.69) is 26.1 Å². The Morgan fingerprint density at radius 2 is 0.956 bits per heavy atom. The van der Waals surface area contributed by atoms with Gasteiger partial charge in [0.2, 0.25) is 5.91 Å². The highest BCUT2D eigenvalue weighted by Crippen LogP contribution is 2.16. The number of rotatable bonds is 35. The Morgan fingerprint density at radius 3 is 1.36 bits per heavy atom. The summed E-state index contributed by atoms with van der Waals surface area (Å²) in [6.45, 7) is 6.49. The van der Waals surface area contributed by atoms with Gasteiger partial charge in [-0.3, -0.25) is 4.79 Å². The number of unbranched alkanes of at least 4 members (excludes halogenated alkanes) is 25. The molecule has 4 N–H and O–H groups in total. The lowest BCUT2D eigenvalue weighted by atomic mass is 10.0. The lowest BCUT2D eigenvalue weighted by molar-refractivity contribution is -0.131. The Kier molecular flexibility index (Phi) is 33.7. The van der Waals surface area contributed by atoms with Gasteiger partial charge in [0.1, 0.15) is 6.10 Å². The van der Waals surface area contributed by atoms with E-state index in [4.69, 9.17) is 0 Å². The van der Waals surface area contributed by atoms with Crippen molar-refractivity contribution < 1.29 is 20.1 Å². The van der Waals surface area contributed by atoms with Crippen molar-refractivity contribution in [2.45, 2.75) is 225 Å². The zero-order valence-corrected chi connectivity index (χ0v) is 30.4. The van der Waals surface area contributed by atoms with Crippen LogP contribution in [0.3, 0.4) is 0 Å². The lowest BCUT2D eigenvalue weighted by Crippen LogP contribution is -2.48. The van der Waals surface area contributed by atoms with Crippen LogP contribution in [0.25, 0.3) is 0 Å². The van der Waals surface area contributed by atoms with Crippen molar-refractivity contribution >= 4 is 5.91 Å². The third-order valence-electron chi connectivity index (χ3n) is 9.31. The van der Waals surface area contributed by atoms with Crippen LogP contribution in [-0.4, -0.2) is 46.1 Å². The fraction of sp³-hybridized carbons (Fsp3) is 0.925. The lowest BCUT2D eigenvalue weighted by Gasteiger charge is -2.21. The molecule has 0 aromatic rings. The molecule has 1 unspecified atom stereocenters. The van der Waals surface area contributed by atoms with Crippen molar-refractivity contribution in [3.63, 3.8) is 0 Å². The molecule has 0 radical (unpaired) electrons. The van der Waals surface area contributed by atoms with Crippen molar-refractivity contribution in [1.82, 2.24) is 5.32 Å². The molecule has 5 heteroatoms. The summed E-state index contributed by atoms with van der Waals surface area (Å²) in [5, 5.41) is 33.0. The molecule has 0 spiro atoms. The molecule has 0 aromatic heterocycles. The first-order valence-electron chi connectivity index (χ1n) is 19.9. The van der Waals surface area contributed by atoms with Crippen molar-refractivity contribution in [3.8, 4) is 0 Å². The van der Waals surface area contributed by atoms with Crippen LogP contribution in [0, 0.1) is 5.92 Å². The van der Waals surface area contributed by atoms with Gasteiger partial charge in [0.15, 0.2) is 0 Å². The number of aliphatic hydroxyl groups is 3. The number of amides is 1. The Hall–Kier alpha value is -0.910. The summed E-state index contributed by atoms with van der Waals surface area (Å²) >= 11 is 0. The molecular weight excluding hydrogens is 558 g/mol. The molecule has 0 aliphatic heterocycles. The number of hydrogen-bond donors (Lipinski definition) is 4. The Balaban J connectivity index is 3.66. The van der Waals surface area contributed by atoms with Crippen LogP contribution in [0.5, 0.6) is 0 Å². The van der Waals surface area contributed by atoms with Gasteiger partial charge in [0.25, 0.3) is 0 Å². The molecular formula is C40H79NO4. The molecule has 0 fully saturated rings. The molecule has 0 aliphatic carbocycles. The van der Waals surface area contributed by atoms with Gasteiger partial charge in [-0.2, -0.15) is 0 Å². The highest BCUT2D eigenvalue weighted by atomic mass is 16.3. The van der Waals surface area contributed by atoms with E-state index < -0.39 is 24.2 Å². The predicted octanol–water partition coefficient (Wildman–Crippen LogP) is 10.7. The fourth-order valence-corrected chi connectivity index (χ4v) is 6.13. The highest BCUT2D eigenvalue weighted by Gasteiger charge is 2.22. The number of carbonyl (C=O) groups is 1. The molecule has 1 amide bonds. The van der Waals surface area contributed by atoms with E-state index in [1.54, 1.807) is 6.08 Å². The molecule has 0 saturated heterocycles. The van der Waals surface area contributed by atoms with Crippen LogP contribution in [0.4, 0.5) is 0 Å². The third-order valence-corrected chi connectivity index (χ3v) is 9.31. The van der Waals surface area contributed by atoms with E-state index in [1.807, 2.05) is 6.08 Å². The molecule has 0 rings (SSSR count). The maximum absolute atomic E-state index is 12.4. The molecule has 0 aliphatic rings. The second-order valence-corrected chi connectivity index (χ2v) is 14.3. The van der Waals surface area contributed by atoms with Crippen LogP contribution in [-0.2, 0) is 4.79 Å². The molecule has 45 heavy (non-hydrogen) atoms. The van der Waals surface area contributed by atoms with Gasteiger partial charge in [-0.15, -0.1) is 0 Å². The summed E-state index contributed by atoms with van der Waals surface area (Å²) in [5.41, 5.74) is 0. The zero-order valence-electron chi connectivity index (χ0n) is 30.4. The van der Waals surface area contributed by atoms with E-state index in [0.29, 0.717) is 6.42 Å². The summed E-state index contributed by atoms with van der Waals surface area (Å²) in [6, 6.07) is -0.792. The van der Waals surface area contributed by atoms with Crippen LogP contribution in [0.1, 0.15) is 207 Å². The van der Waals surface area contributed by atoms with Crippen molar-refractivity contribution in [2.75, 3.05) is 6.61 Å². The largest absolute Gasteiger partial charge is 0.394 e. The average molecular weight is 638 g/mol. The maximum Gasteiger partial charge on any atom is 0.249 e. The molecule has 3 atom stereocenters. The second-order valence-electron chi connectivity index (χ2n) is 14.3. The summed E-state index contributed by atoms with van der Waals surface area (Å²) in [6.07, 6.45) is 38.1. The van der Waals surface area contributed by atoms with Gasteiger partial charge < -0.3 is 20.6 Å². The second kappa shape index (κ2) is 34.4. The molecule has 0 aromatic carbocycles. The van der Waals surface area contributed by atoms with E-state index in [0.717, 1.165) is 38.0 Å². The summed E-state index contributed by atoms with van der Waals surface area (Å²) in [7, 11) is 0. The quantitative estimate of drug-likeness (QED) is 0.0411. The standard InChI is InChI=1S/C40H79NO4/c1-4-5-6-7-8-9-10-11-12-13-14-15-16-17-18-21-25-28-31-34-39(44)40(45)41-37(35-42)38(43)33-30-27-24-22-19-20-23-26-29-32-36(2)3/h30,33,36-39,42-44H,4-29,31-32,34-35H2,1-3H3,(H,41,45)/b33-30+/t37-,38+,39?/m0/s1. The van der Waals surface area contributed by atoms with Gasteiger partial charge in [-0.05, 0) is 25.2 Å². The van der Waals surface area contributed by atoms with Gasteiger partial charge in [-0.25, -0.2) is 0 Å². The summed E-state index contributed by atoms with van der Waals surface area (Å²) < 4.78 is 0. The first-order chi connectivity index (χ1) is 21.9. The normalized spacial score (nSPS) is 13.9. The Labute approximate surface area is 280 Å². The molecule has 0 bridgehead atoms. The Morgan fingerprint density at radius 1 is 0.578 bits per heavy atom. The van der Waals surface area contributed by atoms with Crippen molar-refractivity contribution in [3.05, 3.63) is 12.2 Å². The first kappa shape index (κ1) is 44.1. The number of nitrogens with one attached hydrogen (secondary N) is 1. The van der Waals surface area contributed by atoms with Crippen molar-refractivity contribution in [1.29, 1.82) is 0 Å². The maximum atomic E-state index is 12.4. The van der Waals surface area contributed by atoms with Gasteiger partial charge in [-0.1, -0.05) is 200 Å². The number of aliphatic hydroxyl groups excluding tert-OH is 3. The van der Waals surface area contributed by atoms with E-state index in [9.17, 15) is 20.1 Å². The molecule has 0 saturated carbocycles. The van der Waals surface area contributed by atoms with Crippen molar-refractivity contribution in [2.24, 2.45) is 5.92 Å². The molecule has 268 valence electrons.